The molecule has 2 fully saturated rings. The molecule has 0 radical (unpaired) electrons. The van der Waals surface area contributed by atoms with Gasteiger partial charge in [0.15, 0.2) is 0 Å². The van der Waals surface area contributed by atoms with Gasteiger partial charge in [-0.15, -0.1) is 0 Å². The van der Waals surface area contributed by atoms with Gasteiger partial charge in [0.25, 0.3) is 0 Å². The van der Waals surface area contributed by atoms with Gasteiger partial charge in [-0.05, 0) is 56.3 Å². The highest BCUT2D eigenvalue weighted by Crippen LogP contribution is 2.44. The fourth-order valence-electron chi connectivity index (χ4n) is 7.05. The zero-order chi connectivity index (χ0) is 26.8. The number of aryl methyl sites for hydroxylation is 2. The number of halogens is 1. The Bertz CT molecular complexity index is 1460. The van der Waals surface area contributed by atoms with Gasteiger partial charge in [0.2, 0.25) is 10.0 Å². The van der Waals surface area contributed by atoms with Crippen molar-refractivity contribution in [1.29, 1.82) is 0 Å². The Morgan fingerprint density at radius 3 is 2.50 bits per heavy atom. The van der Waals surface area contributed by atoms with Gasteiger partial charge in [0.05, 0.1) is 11.8 Å². The van der Waals surface area contributed by atoms with E-state index < -0.39 is 10.0 Å². The van der Waals surface area contributed by atoms with E-state index >= 15 is 0 Å². The van der Waals surface area contributed by atoms with Gasteiger partial charge in [-0.25, -0.2) is 12.8 Å². The van der Waals surface area contributed by atoms with Crippen molar-refractivity contribution in [2.24, 2.45) is 7.05 Å². The van der Waals surface area contributed by atoms with E-state index in [0.717, 1.165) is 42.7 Å². The number of likely N-dealkylation sites (tertiary alicyclic amines) is 1. The first kappa shape index (κ1) is 25.8. The number of hydrogen-bond acceptors (Lipinski definition) is 5. The van der Waals surface area contributed by atoms with Crippen molar-refractivity contribution in [2.75, 3.05) is 64.5 Å². The summed E-state index contributed by atoms with van der Waals surface area (Å²) in [5, 5.41) is 1.27. The first-order valence-corrected chi connectivity index (χ1v) is 15.4. The molecule has 2 saturated heterocycles. The first-order valence-electron chi connectivity index (χ1n) is 13.6. The van der Waals surface area contributed by atoms with Crippen molar-refractivity contribution in [3.63, 3.8) is 0 Å². The van der Waals surface area contributed by atoms with Gasteiger partial charge in [0, 0.05) is 87.2 Å². The van der Waals surface area contributed by atoms with Crippen LogP contribution in [-0.4, -0.2) is 92.8 Å². The lowest BCUT2D eigenvalue weighted by Gasteiger charge is -2.34. The number of piperazine rings is 1. The molecule has 1 aliphatic carbocycles. The minimum absolute atomic E-state index is 0.0649. The third-order valence-electron chi connectivity index (χ3n) is 9.06. The Balaban J connectivity index is 1.28. The highest BCUT2D eigenvalue weighted by Gasteiger charge is 2.42. The number of benzene rings is 2. The standard InChI is InChI=1S/C29H38FN5O2S/c1-31(2)28-19-34(26-11-8-20-6-5-7-25(30)29(20)26)18-24(28)23-17-32(3)27-16-21(9-10-22(23)27)33-12-14-35(15-13-33)38(4,36)37/h5-7,9-10,16-17,24,26,28H,8,11-15,18-19H2,1-4H3/t24-,26?,28+/m1/s1. The topological polar surface area (TPSA) is 52.0 Å². The maximum absolute atomic E-state index is 14.9. The van der Waals surface area contributed by atoms with Crippen LogP contribution in [0.25, 0.3) is 10.9 Å². The second-order valence-corrected chi connectivity index (χ2v) is 13.5. The van der Waals surface area contributed by atoms with Gasteiger partial charge in [0.1, 0.15) is 5.82 Å². The van der Waals surface area contributed by atoms with Gasteiger partial charge in [-0.3, -0.25) is 4.90 Å². The van der Waals surface area contributed by atoms with Crippen molar-refractivity contribution in [3.8, 4) is 0 Å². The predicted octanol–water partition coefficient (Wildman–Crippen LogP) is 3.42. The highest BCUT2D eigenvalue weighted by molar-refractivity contribution is 7.88. The predicted molar refractivity (Wildman–Crippen MR) is 151 cm³/mol. The summed E-state index contributed by atoms with van der Waals surface area (Å²) in [6.45, 7) is 4.25. The Labute approximate surface area is 225 Å². The molecular weight excluding hydrogens is 501 g/mol. The molecule has 38 heavy (non-hydrogen) atoms. The van der Waals surface area contributed by atoms with Crippen LogP contribution in [0.5, 0.6) is 0 Å². The summed E-state index contributed by atoms with van der Waals surface area (Å²) in [7, 11) is 3.27. The number of aromatic nitrogens is 1. The SMILES string of the molecule is CN(C)[C@H]1CN(C2CCc3cccc(F)c32)C[C@@H]1c1cn(C)c2cc(N3CCN(S(C)(=O)=O)CC3)ccc12. The van der Waals surface area contributed by atoms with Gasteiger partial charge in [-0.2, -0.15) is 4.31 Å². The lowest BCUT2D eigenvalue weighted by atomic mass is 9.93. The fourth-order valence-corrected chi connectivity index (χ4v) is 7.87. The number of rotatable bonds is 5. The molecule has 3 aliphatic rings. The molecule has 9 heteroatoms. The van der Waals surface area contributed by atoms with E-state index in [4.69, 9.17) is 0 Å². The number of likely N-dealkylation sites (N-methyl/N-ethyl adjacent to an activating group) is 1. The van der Waals surface area contributed by atoms with E-state index in [9.17, 15) is 12.8 Å². The molecule has 0 spiro atoms. The number of sulfonamides is 1. The third-order valence-corrected chi connectivity index (χ3v) is 10.4. The second-order valence-electron chi connectivity index (χ2n) is 11.5. The summed E-state index contributed by atoms with van der Waals surface area (Å²) < 4.78 is 42.5. The normalized spacial score (nSPS) is 25.1. The molecule has 6 rings (SSSR count). The maximum Gasteiger partial charge on any atom is 0.211 e. The smallest absolute Gasteiger partial charge is 0.211 e. The van der Waals surface area contributed by atoms with E-state index in [2.05, 4.69) is 70.9 Å². The van der Waals surface area contributed by atoms with Crippen molar-refractivity contribution < 1.29 is 12.8 Å². The van der Waals surface area contributed by atoms with Gasteiger partial charge in [-0.1, -0.05) is 18.2 Å². The van der Waals surface area contributed by atoms with Gasteiger partial charge < -0.3 is 14.4 Å². The Kier molecular flexibility index (Phi) is 6.53. The zero-order valence-electron chi connectivity index (χ0n) is 22.8. The van der Waals surface area contributed by atoms with Crippen LogP contribution in [0, 0.1) is 5.82 Å². The summed E-state index contributed by atoms with van der Waals surface area (Å²) in [5.41, 5.74) is 5.74. The Morgan fingerprint density at radius 2 is 1.79 bits per heavy atom. The van der Waals surface area contributed by atoms with E-state index in [1.165, 1.54) is 22.7 Å². The molecular formula is C29H38FN5O2S. The van der Waals surface area contributed by atoms with Crippen LogP contribution < -0.4 is 4.90 Å². The van der Waals surface area contributed by atoms with E-state index in [1.54, 1.807) is 10.4 Å². The number of hydrogen-bond donors (Lipinski definition) is 0. The van der Waals surface area contributed by atoms with Crippen LogP contribution in [0.2, 0.25) is 0 Å². The van der Waals surface area contributed by atoms with Crippen molar-refractivity contribution in [1.82, 2.24) is 18.7 Å². The number of fused-ring (bicyclic) bond motifs is 2. The van der Waals surface area contributed by atoms with Crippen LogP contribution in [-0.2, 0) is 23.5 Å². The highest BCUT2D eigenvalue weighted by atomic mass is 32.2. The van der Waals surface area contributed by atoms with Crippen molar-refractivity contribution >= 4 is 26.6 Å². The Hall–Kier alpha value is -2.46. The first-order chi connectivity index (χ1) is 18.1. The van der Waals surface area contributed by atoms with Crippen molar-refractivity contribution in [2.45, 2.75) is 30.8 Å². The minimum atomic E-state index is -3.15. The molecule has 3 atom stereocenters. The molecule has 3 heterocycles. The fraction of sp³-hybridized carbons (Fsp3) is 0.517. The molecule has 0 N–H and O–H groups in total. The molecule has 1 aromatic heterocycles. The zero-order valence-corrected chi connectivity index (χ0v) is 23.6. The summed E-state index contributed by atoms with van der Waals surface area (Å²) in [5.74, 6) is 0.263. The molecule has 0 bridgehead atoms. The van der Waals surface area contributed by atoms with Crippen LogP contribution in [0.15, 0.2) is 42.6 Å². The molecule has 2 aliphatic heterocycles. The molecule has 1 unspecified atom stereocenters. The van der Waals surface area contributed by atoms with Crippen molar-refractivity contribution in [3.05, 3.63) is 65.1 Å². The Morgan fingerprint density at radius 1 is 1.03 bits per heavy atom. The monoisotopic (exact) mass is 539 g/mol. The van der Waals surface area contributed by atoms with Crippen LogP contribution in [0.1, 0.15) is 35.1 Å². The van der Waals surface area contributed by atoms with Gasteiger partial charge >= 0.3 is 0 Å². The maximum atomic E-state index is 14.9. The van der Waals surface area contributed by atoms with Crippen LogP contribution in [0.4, 0.5) is 10.1 Å². The van der Waals surface area contributed by atoms with Crippen LogP contribution >= 0.6 is 0 Å². The molecule has 2 aromatic carbocycles. The lowest BCUT2D eigenvalue weighted by Crippen LogP contribution is -2.48. The number of nitrogens with zero attached hydrogens (tertiary/aromatic N) is 5. The average molecular weight is 540 g/mol. The molecule has 0 amide bonds. The molecule has 3 aromatic rings. The summed E-state index contributed by atoms with van der Waals surface area (Å²) in [4.78, 5) is 7.12. The lowest BCUT2D eigenvalue weighted by molar-refractivity contribution is 0.213. The minimum Gasteiger partial charge on any atom is -0.369 e. The largest absolute Gasteiger partial charge is 0.369 e. The number of anilines is 1. The van der Waals surface area contributed by atoms with E-state index in [1.807, 2.05) is 6.07 Å². The summed E-state index contributed by atoms with van der Waals surface area (Å²) in [6, 6.07) is 12.7. The quantitative estimate of drug-likeness (QED) is 0.498. The molecule has 7 nitrogen and oxygen atoms in total. The molecule has 204 valence electrons. The summed E-state index contributed by atoms with van der Waals surface area (Å²) in [6.07, 6.45) is 5.49. The summed E-state index contributed by atoms with van der Waals surface area (Å²) >= 11 is 0. The molecule has 0 saturated carbocycles. The van der Waals surface area contributed by atoms with E-state index in [0.29, 0.717) is 38.1 Å². The van der Waals surface area contributed by atoms with Crippen LogP contribution in [0.3, 0.4) is 0 Å². The average Bonchev–Trinajstić information content (AvgIpc) is 3.59. The van der Waals surface area contributed by atoms with E-state index in [-0.39, 0.29) is 11.9 Å². The second kappa shape index (κ2) is 9.62. The third kappa shape index (κ3) is 4.43.